The second kappa shape index (κ2) is 3.27. The molecular weight excluding hydrogens is 202 g/mol. The van der Waals surface area contributed by atoms with Crippen LogP contribution in [0.3, 0.4) is 0 Å². The van der Waals surface area contributed by atoms with E-state index in [4.69, 9.17) is 0 Å². The van der Waals surface area contributed by atoms with Crippen LogP contribution in [-0.2, 0) is 10.0 Å². The summed E-state index contributed by atoms with van der Waals surface area (Å²) in [7, 11) is -3.19. The van der Waals surface area contributed by atoms with Crippen LogP contribution in [0.2, 0.25) is 0 Å². The van der Waals surface area contributed by atoms with Gasteiger partial charge < -0.3 is 0 Å². The number of hydrogen-bond donors (Lipinski definition) is 2. The van der Waals surface area contributed by atoms with Crippen molar-refractivity contribution in [3.63, 3.8) is 0 Å². The Kier molecular flexibility index (Phi) is 2.22. The quantitative estimate of drug-likeness (QED) is 0.782. The molecule has 14 heavy (non-hydrogen) atoms. The number of anilines is 1. The van der Waals surface area contributed by atoms with Crippen LogP contribution in [0.15, 0.2) is 6.20 Å². The maximum Gasteiger partial charge on any atom is 0.234 e. The van der Waals surface area contributed by atoms with Crippen molar-refractivity contribution in [2.24, 2.45) is 5.92 Å². The minimum Gasteiger partial charge on any atom is -0.267 e. The molecule has 5 nitrogen and oxygen atoms in total. The second-order valence-electron chi connectivity index (χ2n) is 3.75. The van der Waals surface area contributed by atoms with Crippen molar-refractivity contribution in [2.45, 2.75) is 19.8 Å². The average Bonchev–Trinajstić information content (AvgIpc) is 2.77. The first-order valence-electron chi connectivity index (χ1n) is 4.57. The molecule has 0 amide bonds. The van der Waals surface area contributed by atoms with E-state index in [1.54, 1.807) is 13.1 Å². The lowest BCUT2D eigenvalue weighted by atomic mass is 10.4. The normalized spacial score (nSPS) is 16.9. The van der Waals surface area contributed by atoms with Gasteiger partial charge in [-0.25, -0.2) is 8.42 Å². The van der Waals surface area contributed by atoms with Crippen LogP contribution in [0.25, 0.3) is 0 Å². The minimum absolute atomic E-state index is 0.228. The Morgan fingerprint density at radius 3 is 2.86 bits per heavy atom. The van der Waals surface area contributed by atoms with E-state index in [0.717, 1.165) is 18.4 Å². The summed E-state index contributed by atoms with van der Waals surface area (Å²) in [4.78, 5) is 0. The van der Waals surface area contributed by atoms with Crippen molar-refractivity contribution in [2.75, 3.05) is 10.5 Å². The SMILES string of the molecule is Cc1cn[nH]c1NS(=O)(=O)CC1CC1. The number of aromatic nitrogens is 2. The fourth-order valence-electron chi connectivity index (χ4n) is 1.24. The standard InChI is InChI=1S/C8H13N3O2S/c1-6-4-9-10-8(6)11-14(12,13)5-7-2-3-7/h4,7H,2-3,5H2,1H3,(H2,9,10,11). The summed E-state index contributed by atoms with van der Waals surface area (Å²) in [5.41, 5.74) is 0.810. The highest BCUT2D eigenvalue weighted by atomic mass is 32.2. The molecule has 0 aromatic carbocycles. The zero-order valence-electron chi connectivity index (χ0n) is 7.95. The molecule has 0 aliphatic heterocycles. The predicted molar refractivity (Wildman–Crippen MR) is 53.5 cm³/mol. The molecule has 0 saturated heterocycles. The smallest absolute Gasteiger partial charge is 0.234 e. The lowest BCUT2D eigenvalue weighted by Crippen LogP contribution is -2.18. The summed E-state index contributed by atoms with van der Waals surface area (Å²) in [6.45, 7) is 1.80. The number of rotatable bonds is 4. The van der Waals surface area contributed by atoms with Gasteiger partial charge in [0.2, 0.25) is 10.0 Å². The fourth-order valence-corrected chi connectivity index (χ4v) is 2.80. The van der Waals surface area contributed by atoms with Crippen molar-refractivity contribution in [1.29, 1.82) is 0 Å². The first-order chi connectivity index (χ1) is 6.57. The summed E-state index contributed by atoms with van der Waals surface area (Å²) in [5, 5.41) is 6.36. The second-order valence-corrected chi connectivity index (χ2v) is 5.52. The molecule has 1 aromatic heterocycles. The third-order valence-corrected chi connectivity index (χ3v) is 3.66. The van der Waals surface area contributed by atoms with Gasteiger partial charge in [-0.2, -0.15) is 5.10 Å². The molecule has 1 aliphatic carbocycles. The molecule has 0 radical (unpaired) electrons. The molecule has 6 heteroatoms. The highest BCUT2D eigenvalue weighted by Crippen LogP contribution is 2.30. The van der Waals surface area contributed by atoms with Gasteiger partial charge >= 0.3 is 0 Å². The van der Waals surface area contributed by atoms with E-state index >= 15 is 0 Å². The van der Waals surface area contributed by atoms with Crippen LogP contribution < -0.4 is 4.72 Å². The summed E-state index contributed by atoms with van der Waals surface area (Å²) in [5.74, 6) is 1.06. The van der Waals surface area contributed by atoms with Crippen molar-refractivity contribution in [1.82, 2.24) is 10.2 Å². The Labute approximate surface area is 83.0 Å². The Bertz CT molecular complexity index is 420. The Morgan fingerprint density at radius 1 is 1.64 bits per heavy atom. The van der Waals surface area contributed by atoms with Crippen molar-refractivity contribution in [3.05, 3.63) is 11.8 Å². The predicted octanol–water partition coefficient (Wildman–Crippen LogP) is 0.870. The monoisotopic (exact) mass is 215 g/mol. The lowest BCUT2D eigenvalue weighted by molar-refractivity contribution is 0.597. The number of nitrogens with one attached hydrogen (secondary N) is 2. The van der Waals surface area contributed by atoms with Crippen molar-refractivity contribution >= 4 is 15.8 Å². The molecule has 1 aliphatic rings. The van der Waals surface area contributed by atoms with Gasteiger partial charge in [-0.3, -0.25) is 9.82 Å². The first kappa shape index (κ1) is 9.51. The van der Waals surface area contributed by atoms with E-state index in [1.807, 2.05) is 0 Å². The minimum atomic E-state index is -3.19. The number of aryl methyl sites for hydroxylation is 1. The largest absolute Gasteiger partial charge is 0.267 e. The van der Waals surface area contributed by atoms with Crippen LogP contribution in [0.5, 0.6) is 0 Å². The number of hydrogen-bond acceptors (Lipinski definition) is 3. The topological polar surface area (TPSA) is 74.8 Å². The van der Waals surface area contributed by atoms with Gasteiger partial charge in [-0.1, -0.05) is 0 Å². The maximum atomic E-state index is 11.5. The van der Waals surface area contributed by atoms with Gasteiger partial charge in [-0.05, 0) is 25.7 Å². The van der Waals surface area contributed by atoms with Gasteiger partial charge in [0.1, 0.15) is 5.82 Å². The molecule has 0 bridgehead atoms. The Balaban J connectivity index is 2.05. The average molecular weight is 215 g/mol. The van der Waals surface area contributed by atoms with Gasteiger partial charge in [0, 0.05) is 5.56 Å². The third-order valence-electron chi connectivity index (χ3n) is 2.24. The van der Waals surface area contributed by atoms with Crippen molar-refractivity contribution in [3.8, 4) is 0 Å². The molecule has 78 valence electrons. The lowest BCUT2D eigenvalue weighted by Gasteiger charge is -2.05. The molecule has 1 heterocycles. The van der Waals surface area contributed by atoms with Crippen LogP contribution in [0.1, 0.15) is 18.4 Å². The summed E-state index contributed by atoms with van der Waals surface area (Å²) in [6, 6.07) is 0. The van der Waals surface area contributed by atoms with Crippen LogP contribution in [-0.4, -0.2) is 24.4 Å². The Hall–Kier alpha value is -1.04. The molecule has 1 saturated carbocycles. The van der Waals surface area contributed by atoms with Gasteiger partial charge in [0.15, 0.2) is 0 Å². The number of H-pyrrole nitrogens is 1. The molecule has 1 aromatic rings. The molecule has 0 spiro atoms. The van der Waals surface area contributed by atoms with E-state index in [9.17, 15) is 8.42 Å². The highest BCUT2D eigenvalue weighted by Gasteiger charge is 2.28. The van der Waals surface area contributed by atoms with E-state index in [0.29, 0.717) is 11.7 Å². The van der Waals surface area contributed by atoms with Gasteiger partial charge in [0.05, 0.1) is 11.9 Å². The molecule has 1 fully saturated rings. The van der Waals surface area contributed by atoms with E-state index in [-0.39, 0.29) is 5.75 Å². The Morgan fingerprint density at radius 2 is 2.36 bits per heavy atom. The van der Waals surface area contributed by atoms with Gasteiger partial charge in [0.25, 0.3) is 0 Å². The summed E-state index contributed by atoms with van der Waals surface area (Å²) >= 11 is 0. The van der Waals surface area contributed by atoms with Gasteiger partial charge in [-0.15, -0.1) is 0 Å². The number of sulfonamides is 1. The van der Waals surface area contributed by atoms with E-state index in [1.165, 1.54) is 0 Å². The summed E-state index contributed by atoms with van der Waals surface area (Å²) in [6.07, 6.45) is 3.65. The first-order valence-corrected chi connectivity index (χ1v) is 6.22. The van der Waals surface area contributed by atoms with E-state index in [2.05, 4.69) is 14.9 Å². The molecule has 2 rings (SSSR count). The van der Waals surface area contributed by atoms with Crippen LogP contribution in [0.4, 0.5) is 5.82 Å². The third kappa shape index (κ3) is 2.25. The summed E-state index contributed by atoms with van der Waals surface area (Å²) < 4.78 is 25.6. The highest BCUT2D eigenvalue weighted by molar-refractivity contribution is 7.92. The van der Waals surface area contributed by atoms with Crippen LogP contribution >= 0.6 is 0 Å². The number of nitrogens with zero attached hydrogens (tertiary/aromatic N) is 1. The molecule has 0 atom stereocenters. The molecule has 2 N–H and O–H groups in total. The zero-order chi connectivity index (χ0) is 10.2. The molecule has 0 unspecified atom stereocenters. The number of aromatic amines is 1. The van der Waals surface area contributed by atoms with Crippen molar-refractivity contribution < 1.29 is 8.42 Å². The zero-order valence-corrected chi connectivity index (χ0v) is 8.76. The fraction of sp³-hybridized carbons (Fsp3) is 0.625. The van der Waals surface area contributed by atoms with E-state index < -0.39 is 10.0 Å². The molecular formula is C8H13N3O2S. The van der Waals surface area contributed by atoms with Crippen LogP contribution in [0, 0.1) is 12.8 Å². The maximum absolute atomic E-state index is 11.5.